The Balaban J connectivity index is 1.68. The van der Waals surface area contributed by atoms with Crippen molar-refractivity contribution in [2.45, 2.75) is 6.92 Å². The molecular formula is C20H18N4O3. The van der Waals surface area contributed by atoms with Crippen LogP contribution in [0.3, 0.4) is 0 Å². The number of aryl methyl sites for hydroxylation is 1. The average molecular weight is 362 g/mol. The summed E-state index contributed by atoms with van der Waals surface area (Å²) in [5.41, 5.74) is 2.56. The van der Waals surface area contributed by atoms with Crippen LogP contribution in [0.5, 0.6) is 0 Å². The Morgan fingerprint density at radius 1 is 0.926 bits per heavy atom. The molecule has 0 spiro atoms. The number of carbonyl (C=O) groups is 2. The first kappa shape index (κ1) is 18.1. The van der Waals surface area contributed by atoms with E-state index in [0.29, 0.717) is 28.5 Å². The van der Waals surface area contributed by atoms with Crippen molar-refractivity contribution in [3.8, 4) is 0 Å². The summed E-state index contributed by atoms with van der Waals surface area (Å²) in [6.45, 7) is 1.87. The Bertz CT molecular complexity index is 971. The molecule has 0 radical (unpaired) electrons. The third kappa shape index (κ3) is 4.46. The van der Waals surface area contributed by atoms with Gasteiger partial charge in [-0.25, -0.2) is 4.79 Å². The number of anilines is 3. The molecule has 0 atom stereocenters. The van der Waals surface area contributed by atoms with Gasteiger partial charge in [0.1, 0.15) is 0 Å². The van der Waals surface area contributed by atoms with Gasteiger partial charge in [-0.15, -0.1) is 10.2 Å². The highest BCUT2D eigenvalue weighted by Gasteiger charge is 2.10. The Morgan fingerprint density at radius 2 is 1.67 bits per heavy atom. The minimum Gasteiger partial charge on any atom is -0.465 e. The normalized spacial score (nSPS) is 10.1. The molecule has 0 fully saturated rings. The molecule has 0 aliphatic rings. The van der Waals surface area contributed by atoms with E-state index in [4.69, 9.17) is 4.74 Å². The highest BCUT2D eigenvalue weighted by atomic mass is 16.5. The fourth-order valence-corrected chi connectivity index (χ4v) is 2.47. The zero-order chi connectivity index (χ0) is 19.2. The number of nitrogens with one attached hydrogen (secondary N) is 2. The van der Waals surface area contributed by atoms with E-state index in [2.05, 4.69) is 20.8 Å². The molecule has 7 heteroatoms. The number of methoxy groups -OCH3 is 1. The van der Waals surface area contributed by atoms with Gasteiger partial charge >= 0.3 is 5.97 Å². The summed E-state index contributed by atoms with van der Waals surface area (Å²) in [4.78, 5) is 23.9. The van der Waals surface area contributed by atoms with E-state index in [1.165, 1.54) is 7.11 Å². The number of benzene rings is 2. The lowest BCUT2D eigenvalue weighted by Gasteiger charge is -2.08. The number of hydrogen-bond donors (Lipinski definition) is 2. The maximum Gasteiger partial charge on any atom is 0.337 e. The minimum atomic E-state index is -0.418. The number of nitrogens with zero attached hydrogens (tertiary/aromatic N) is 2. The van der Waals surface area contributed by atoms with Gasteiger partial charge in [-0.05, 0) is 48.9 Å². The van der Waals surface area contributed by atoms with Crippen molar-refractivity contribution >= 4 is 29.2 Å². The number of hydrogen-bond acceptors (Lipinski definition) is 6. The largest absolute Gasteiger partial charge is 0.465 e. The van der Waals surface area contributed by atoms with Crippen molar-refractivity contribution in [2.24, 2.45) is 0 Å². The van der Waals surface area contributed by atoms with Gasteiger partial charge in [-0.2, -0.15) is 0 Å². The molecule has 2 N–H and O–H groups in total. The summed E-state index contributed by atoms with van der Waals surface area (Å²) in [6.07, 6.45) is 0. The molecule has 3 rings (SSSR count). The first-order valence-corrected chi connectivity index (χ1v) is 8.23. The fraction of sp³-hybridized carbons (Fsp3) is 0.100. The van der Waals surface area contributed by atoms with E-state index in [-0.39, 0.29) is 5.91 Å². The van der Waals surface area contributed by atoms with Gasteiger partial charge < -0.3 is 15.4 Å². The molecule has 0 aliphatic heterocycles. The van der Waals surface area contributed by atoms with E-state index in [1.54, 1.807) is 42.5 Å². The van der Waals surface area contributed by atoms with Crippen LogP contribution in [0.25, 0.3) is 0 Å². The van der Waals surface area contributed by atoms with Crippen molar-refractivity contribution in [2.75, 3.05) is 17.7 Å². The summed E-state index contributed by atoms with van der Waals surface area (Å²) in [7, 11) is 1.33. The summed E-state index contributed by atoms with van der Waals surface area (Å²) >= 11 is 0. The van der Waals surface area contributed by atoms with Crippen LogP contribution in [-0.4, -0.2) is 29.2 Å². The number of rotatable bonds is 5. The van der Waals surface area contributed by atoms with Gasteiger partial charge in [-0.3, -0.25) is 4.79 Å². The highest BCUT2D eigenvalue weighted by Crippen LogP contribution is 2.17. The van der Waals surface area contributed by atoms with Crippen LogP contribution in [0.15, 0.2) is 60.7 Å². The zero-order valence-corrected chi connectivity index (χ0v) is 14.9. The standard InChI is InChI=1S/C20H18N4O3/c1-13-6-3-4-9-16(13)19(25)22-18-11-10-17(23-24-18)21-15-8-5-7-14(12-15)20(26)27-2/h3-12H,1-2H3,(H,21,23)(H,22,24,25). The maximum atomic E-state index is 12.3. The molecule has 3 aromatic rings. The van der Waals surface area contributed by atoms with Crippen molar-refractivity contribution in [1.29, 1.82) is 0 Å². The second kappa shape index (κ2) is 8.09. The molecule has 1 amide bonds. The van der Waals surface area contributed by atoms with Crippen LogP contribution in [0, 0.1) is 6.92 Å². The molecule has 7 nitrogen and oxygen atoms in total. The number of ether oxygens (including phenoxy) is 1. The third-order valence-corrected chi connectivity index (χ3v) is 3.85. The predicted octanol–water partition coefficient (Wildman–Crippen LogP) is 3.57. The number of amides is 1. The lowest BCUT2D eigenvalue weighted by atomic mass is 10.1. The SMILES string of the molecule is COC(=O)c1cccc(Nc2ccc(NC(=O)c3ccccc3C)nn2)c1. The summed E-state index contributed by atoms with van der Waals surface area (Å²) in [6, 6.07) is 17.5. The van der Waals surface area contributed by atoms with Gasteiger partial charge in [-0.1, -0.05) is 24.3 Å². The molecule has 0 aliphatic carbocycles. The highest BCUT2D eigenvalue weighted by molar-refractivity contribution is 6.04. The molecule has 0 saturated carbocycles. The molecule has 2 aromatic carbocycles. The van der Waals surface area contributed by atoms with Crippen LogP contribution in [0.1, 0.15) is 26.3 Å². The van der Waals surface area contributed by atoms with E-state index in [1.807, 2.05) is 25.1 Å². The van der Waals surface area contributed by atoms with Gasteiger partial charge in [0.05, 0.1) is 12.7 Å². The molecular weight excluding hydrogens is 344 g/mol. The Kier molecular flexibility index (Phi) is 5.41. The molecule has 27 heavy (non-hydrogen) atoms. The molecule has 0 unspecified atom stereocenters. The first-order chi connectivity index (χ1) is 13.1. The lowest BCUT2D eigenvalue weighted by Crippen LogP contribution is -2.14. The van der Waals surface area contributed by atoms with Crippen molar-refractivity contribution in [3.63, 3.8) is 0 Å². The smallest absolute Gasteiger partial charge is 0.337 e. The van der Waals surface area contributed by atoms with E-state index in [0.717, 1.165) is 5.56 Å². The van der Waals surface area contributed by atoms with E-state index in [9.17, 15) is 9.59 Å². The second-order valence-electron chi connectivity index (χ2n) is 5.77. The fourth-order valence-electron chi connectivity index (χ4n) is 2.47. The van der Waals surface area contributed by atoms with Crippen molar-refractivity contribution in [1.82, 2.24) is 10.2 Å². The number of aromatic nitrogens is 2. The quantitative estimate of drug-likeness (QED) is 0.674. The summed E-state index contributed by atoms with van der Waals surface area (Å²) in [5.74, 6) is 0.163. The molecule has 136 valence electrons. The first-order valence-electron chi connectivity index (χ1n) is 8.23. The Hall–Kier alpha value is -3.74. The predicted molar refractivity (Wildman–Crippen MR) is 102 cm³/mol. The molecule has 1 aromatic heterocycles. The lowest BCUT2D eigenvalue weighted by molar-refractivity contribution is 0.0600. The molecule has 0 saturated heterocycles. The average Bonchev–Trinajstić information content (AvgIpc) is 2.69. The second-order valence-corrected chi connectivity index (χ2v) is 5.77. The Morgan fingerprint density at radius 3 is 2.37 bits per heavy atom. The zero-order valence-electron chi connectivity index (χ0n) is 14.9. The molecule has 1 heterocycles. The monoisotopic (exact) mass is 362 g/mol. The summed E-state index contributed by atoms with van der Waals surface area (Å²) < 4.78 is 4.70. The third-order valence-electron chi connectivity index (χ3n) is 3.85. The summed E-state index contributed by atoms with van der Waals surface area (Å²) in [5, 5.41) is 13.8. The maximum absolute atomic E-state index is 12.3. The van der Waals surface area contributed by atoms with Crippen LogP contribution in [0.4, 0.5) is 17.3 Å². The number of esters is 1. The van der Waals surface area contributed by atoms with Crippen molar-refractivity contribution < 1.29 is 14.3 Å². The Labute approximate surface area is 156 Å². The molecule has 0 bridgehead atoms. The van der Waals surface area contributed by atoms with Crippen LogP contribution >= 0.6 is 0 Å². The van der Waals surface area contributed by atoms with Gasteiger partial charge in [0.25, 0.3) is 5.91 Å². The van der Waals surface area contributed by atoms with Crippen LogP contribution < -0.4 is 10.6 Å². The minimum absolute atomic E-state index is 0.242. The number of carbonyl (C=O) groups excluding carboxylic acids is 2. The van der Waals surface area contributed by atoms with Crippen molar-refractivity contribution in [3.05, 3.63) is 77.4 Å². The van der Waals surface area contributed by atoms with Gasteiger partial charge in [0, 0.05) is 11.3 Å². The topological polar surface area (TPSA) is 93.2 Å². The van der Waals surface area contributed by atoms with Crippen LogP contribution in [-0.2, 0) is 4.74 Å². The van der Waals surface area contributed by atoms with Gasteiger partial charge in [0.15, 0.2) is 11.6 Å². The van der Waals surface area contributed by atoms with Crippen LogP contribution in [0.2, 0.25) is 0 Å². The van der Waals surface area contributed by atoms with E-state index < -0.39 is 5.97 Å². The van der Waals surface area contributed by atoms with E-state index >= 15 is 0 Å². The van der Waals surface area contributed by atoms with Gasteiger partial charge in [0.2, 0.25) is 0 Å².